The molecule has 0 saturated heterocycles. The van der Waals surface area contributed by atoms with Crippen LogP contribution in [-0.2, 0) is 27.2 Å². The highest BCUT2D eigenvalue weighted by molar-refractivity contribution is 6.08. The van der Waals surface area contributed by atoms with Crippen LogP contribution < -0.4 is 10.6 Å². The molecular weight excluding hydrogens is 334 g/mol. The van der Waals surface area contributed by atoms with Gasteiger partial charge in [0, 0.05) is 11.1 Å². The molecule has 3 rings (SSSR count). The number of ether oxygens (including phenoxy) is 1. The van der Waals surface area contributed by atoms with Gasteiger partial charge >= 0.3 is 5.97 Å². The Hall–Kier alpha value is -2.96. The number of aryl methyl sites for hydroxylation is 1. The van der Waals surface area contributed by atoms with Crippen LogP contribution in [0.3, 0.4) is 0 Å². The van der Waals surface area contributed by atoms with Gasteiger partial charge < -0.3 is 15.4 Å². The molecule has 1 aromatic heterocycles. The van der Waals surface area contributed by atoms with Crippen molar-refractivity contribution in [2.75, 3.05) is 20.2 Å². The van der Waals surface area contributed by atoms with Gasteiger partial charge in [-0.05, 0) is 37.3 Å². The number of carbonyl (C=O) groups excluding carboxylic acids is 3. The third kappa shape index (κ3) is 3.82. The summed E-state index contributed by atoms with van der Waals surface area (Å²) in [6, 6.07) is 7.54. The molecule has 0 spiro atoms. The number of benzene rings is 1. The van der Waals surface area contributed by atoms with E-state index in [2.05, 4.69) is 15.4 Å². The number of rotatable bonds is 5. The van der Waals surface area contributed by atoms with Crippen LogP contribution in [0, 0.1) is 0 Å². The summed E-state index contributed by atoms with van der Waals surface area (Å²) < 4.78 is 4.46. The van der Waals surface area contributed by atoms with Gasteiger partial charge in [-0.15, -0.1) is 0 Å². The molecule has 1 heterocycles. The van der Waals surface area contributed by atoms with Gasteiger partial charge in [0.25, 0.3) is 5.91 Å². The number of fused-ring (bicyclic) bond motifs is 2. The number of amides is 2. The minimum absolute atomic E-state index is 0.207. The summed E-state index contributed by atoms with van der Waals surface area (Å²) >= 11 is 0. The number of methoxy groups -OCH3 is 1. The standard InChI is InChI=1S/C19H21N3O4/c1-26-17(24)11-20-16(23)10-21-19(25)18-12-6-2-4-8-14(12)22-15-9-5-3-7-13(15)18/h2,4,6,8H,3,5,7,9-11H2,1H3,(H,20,23)(H,21,25). The first-order valence-electron chi connectivity index (χ1n) is 8.62. The summed E-state index contributed by atoms with van der Waals surface area (Å²) in [6.07, 6.45) is 3.76. The molecule has 136 valence electrons. The van der Waals surface area contributed by atoms with E-state index in [4.69, 9.17) is 4.98 Å². The molecule has 2 aromatic rings. The minimum Gasteiger partial charge on any atom is -0.468 e. The van der Waals surface area contributed by atoms with Crippen LogP contribution in [0.1, 0.15) is 34.5 Å². The normalized spacial score (nSPS) is 13.0. The zero-order valence-electron chi connectivity index (χ0n) is 14.6. The van der Waals surface area contributed by atoms with Crippen molar-refractivity contribution in [3.05, 3.63) is 41.1 Å². The second-order valence-electron chi connectivity index (χ2n) is 6.17. The summed E-state index contributed by atoms with van der Waals surface area (Å²) in [6.45, 7) is -0.431. The van der Waals surface area contributed by atoms with E-state index in [0.29, 0.717) is 5.56 Å². The number of hydrogen-bond donors (Lipinski definition) is 2. The number of para-hydroxylation sites is 1. The van der Waals surface area contributed by atoms with Gasteiger partial charge in [0.15, 0.2) is 0 Å². The van der Waals surface area contributed by atoms with Crippen molar-refractivity contribution in [1.82, 2.24) is 15.6 Å². The number of nitrogens with one attached hydrogen (secondary N) is 2. The topological polar surface area (TPSA) is 97.4 Å². The van der Waals surface area contributed by atoms with Gasteiger partial charge in [0.2, 0.25) is 5.91 Å². The van der Waals surface area contributed by atoms with E-state index < -0.39 is 11.9 Å². The Kier molecular flexibility index (Phi) is 5.46. The average molecular weight is 355 g/mol. The van der Waals surface area contributed by atoms with Crippen LogP contribution in [0.5, 0.6) is 0 Å². The van der Waals surface area contributed by atoms with Crippen LogP contribution in [0.4, 0.5) is 0 Å². The molecule has 7 nitrogen and oxygen atoms in total. The maximum Gasteiger partial charge on any atom is 0.325 e. The van der Waals surface area contributed by atoms with Crippen molar-refractivity contribution in [2.45, 2.75) is 25.7 Å². The highest BCUT2D eigenvalue weighted by Crippen LogP contribution is 2.29. The molecule has 2 N–H and O–H groups in total. The van der Waals surface area contributed by atoms with E-state index in [1.54, 1.807) is 0 Å². The predicted molar refractivity (Wildman–Crippen MR) is 95.7 cm³/mol. The second-order valence-corrected chi connectivity index (χ2v) is 6.17. The quantitative estimate of drug-likeness (QED) is 0.784. The van der Waals surface area contributed by atoms with Crippen molar-refractivity contribution < 1.29 is 19.1 Å². The van der Waals surface area contributed by atoms with Crippen LogP contribution in [0.25, 0.3) is 10.9 Å². The number of carbonyl (C=O) groups is 3. The molecule has 7 heteroatoms. The van der Waals surface area contributed by atoms with E-state index in [0.717, 1.165) is 47.8 Å². The lowest BCUT2D eigenvalue weighted by molar-refractivity contribution is -0.141. The average Bonchev–Trinajstić information content (AvgIpc) is 2.68. The molecule has 1 aromatic carbocycles. The summed E-state index contributed by atoms with van der Waals surface area (Å²) in [5, 5.41) is 5.84. The van der Waals surface area contributed by atoms with Crippen LogP contribution in [0.2, 0.25) is 0 Å². The highest BCUT2D eigenvalue weighted by atomic mass is 16.5. The van der Waals surface area contributed by atoms with E-state index >= 15 is 0 Å². The number of aromatic nitrogens is 1. The third-order valence-corrected chi connectivity index (χ3v) is 4.46. The van der Waals surface area contributed by atoms with E-state index in [-0.39, 0.29) is 19.0 Å². The third-order valence-electron chi connectivity index (χ3n) is 4.46. The number of esters is 1. The van der Waals surface area contributed by atoms with Crippen LogP contribution >= 0.6 is 0 Å². The van der Waals surface area contributed by atoms with Crippen LogP contribution in [0.15, 0.2) is 24.3 Å². The second kappa shape index (κ2) is 7.95. The number of pyridine rings is 1. The van der Waals surface area contributed by atoms with Crippen molar-refractivity contribution in [1.29, 1.82) is 0 Å². The first kappa shape index (κ1) is 17.8. The Balaban J connectivity index is 1.79. The van der Waals surface area contributed by atoms with Crippen molar-refractivity contribution in [3.63, 3.8) is 0 Å². The molecule has 0 unspecified atom stereocenters. The maximum absolute atomic E-state index is 12.8. The van der Waals surface area contributed by atoms with Crippen molar-refractivity contribution in [3.8, 4) is 0 Å². The Bertz CT molecular complexity index is 863. The minimum atomic E-state index is -0.543. The molecule has 0 radical (unpaired) electrons. The predicted octanol–water partition coefficient (Wildman–Crippen LogP) is 1.13. The molecule has 0 bridgehead atoms. The Morgan fingerprint density at radius 1 is 1.08 bits per heavy atom. The molecule has 0 fully saturated rings. The summed E-state index contributed by atoms with van der Waals surface area (Å²) in [7, 11) is 1.24. The van der Waals surface area contributed by atoms with Crippen molar-refractivity contribution in [2.24, 2.45) is 0 Å². The van der Waals surface area contributed by atoms with Gasteiger partial charge in [-0.1, -0.05) is 18.2 Å². The smallest absolute Gasteiger partial charge is 0.325 e. The summed E-state index contributed by atoms with van der Waals surface area (Å²) in [5.41, 5.74) is 3.33. The largest absolute Gasteiger partial charge is 0.468 e. The van der Waals surface area contributed by atoms with Crippen molar-refractivity contribution >= 4 is 28.7 Å². The van der Waals surface area contributed by atoms with Gasteiger partial charge in [-0.3, -0.25) is 19.4 Å². The lowest BCUT2D eigenvalue weighted by Gasteiger charge is -2.20. The zero-order chi connectivity index (χ0) is 18.5. The number of hydrogen-bond acceptors (Lipinski definition) is 5. The summed E-state index contributed by atoms with van der Waals surface area (Å²) in [5.74, 6) is -1.29. The Morgan fingerprint density at radius 3 is 2.65 bits per heavy atom. The molecule has 2 amide bonds. The fraction of sp³-hybridized carbons (Fsp3) is 0.368. The van der Waals surface area contributed by atoms with Gasteiger partial charge in [-0.25, -0.2) is 0 Å². The summed E-state index contributed by atoms with van der Waals surface area (Å²) in [4.78, 5) is 40.4. The monoisotopic (exact) mass is 355 g/mol. The molecule has 0 aliphatic heterocycles. The molecule has 26 heavy (non-hydrogen) atoms. The SMILES string of the molecule is COC(=O)CNC(=O)CNC(=O)c1c2c(nc3ccccc13)CCCC2. The van der Waals surface area contributed by atoms with E-state index in [1.165, 1.54) is 7.11 Å². The highest BCUT2D eigenvalue weighted by Gasteiger charge is 2.22. The van der Waals surface area contributed by atoms with E-state index in [1.807, 2.05) is 24.3 Å². The molecule has 0 atom stereocenters. The van der Waals surface area contributed by atoms with Crippen LogP contribution in [-0.4, -0.2) is 43.0 Å². The fourth-order valence-corrected chi connectivity index (χ4v) is 3.19. The fourth-order valence-electron chi connectivity index (χ4n) is 3.19. The lowest BCUT2D eigenvalue weighted by Crippen LogP contribution is -2.39. The molecule has 1 aliphatic carbocycles. The molecular formula is C19H21N3O4. The van der Waals surface area contributed by atoms with Gasteiger partial charge in [0.05, 0.1) is 24.7 Å². The molecule has 0 saturated carbocycles. The maximum atomic E-state index is 12.8. The van der Waals surface area contributed by atoms with Gasteiger partial charge in [0.1, 0.15) is 6.54 Å². The lowest BCUT2D eigenvalue weighted by atomic mass is 9.89. The van der Waals surface area contributed by atoms with E-state index in [9.17, 15) is 14.4 Å². The zero-order valence-corrected chi connectivity index (χ0v) is 14.6. The number of nitrogens with zero attached hydrogens (tertiary/aromatic N) is 1. The first-order valence-corrected chi connectivity index (χ1v) is 8.62. The Morgan fingerprint density at radius 2 is 1.85 bits per heavy atom. The Labute approximate surface area is 151 Å². The molecule has 1 aliphatic rings. The van der Waals surface area contributed by atoms with Gasteiger partial charge in [-0.2, -0.15) is 0 Å². The first-order chi connectivity index (χ1) is 12.6.